The van der Waals surface area contributed by atoms with Crippen LogP contribution >= 0.6 is 0 Å². The van der Waals surface area contributed by atoms with Gasteiger partial charge in [0.1, 0.15) is 11.4 Å². The molecule has 1 heterocycles. The number of hydrogen-bond acceptors (Lipinski definition) is 2. The second-order valence-corrected chi connectivity index (χ2v) is 4.30. The highest BCUT2D eigenvalue weighted by Crippen LogP contribution is 2.23. The molecule has 1 N–H and O–H groups in total. The van der Waals surface area contributed by atoms with Gasteiger partial charge in [-0.2, -0.15) is 5.10 Å². The molecular weight excluding hydrogens is 235 g/mol. The largest absolute Gasteiger partial charge is 0.478 e. The highest BCUT2D eigenvalue weighted by atomic mass is 19.1. The minimum absolute atomic E-state index is 0.0260. The van der Waals surface area contributed by atoms with E-state index in [-0.39, 0.29) is 17.3 Å². The molecular formula is C13H13FN2O2. The average molecular weight is 248 g/mol. The molecule has 1 aromatic carbocycles. The normalized spacial score (nSPS) is 10.9. The minimum atomic E-state index is -1.03. The Hall–Kier alpha value is -2.17. The average Bonchev–Trinajstić information content (AvgIpc) is 2.73. The molecule has 0 bridgehead atoms. The first kappa shape index (κ1) is 12.3. The van der Waals surface area contributed by atoms with Gasteiger partial charge >= 0.3 is 5.97 Å². The van der Waals surface area contributed by atoms with Crippen LogP contribution in [0.1, 0.15) is 35.8 Å². The fourth-order valence-electron chi connectivity index (χ4n) is 1.89. The van der Waals surface area contributed by atoms with E-state index in [0.29, 0.717) is 11.4 Å². The molecule has 18 heavy (non-hydrogen) atoms. The zero-order chi connectivity index (χ0) is 13.3. The van der Waals surface area contributed by atoms with Crippen LogP contribution in [0.3, 0.4) is 0 Å². The summed E-state index contributed by atoms with van der Waals surface area (Å²) >= 11 is 0. The van der Waals surface area contributed by atoms with Crippen molar-refractivity contribution in [3.05, 3.63) is 47.5 Å². The summed E-state index contributed by atoms with van der Waals surface area (Å²) in [6.07, 6.45) is 1.29. The van der Waals surface area contributed by atoms with Crippen LogP contribution in [-0.2, 0) is 0 Å². The van der Waals surface area contributed by atoms with Crippen molar-refractivity contribution in [2.45, 2.75) is 19.8 Å². The molecule has 0 aliphatic rings. The molecule has 0 fully saturated rings. The summed E-state index contributed by atoms with van der Waals surface area (Å²) < 4.78 is 14.7. The third kappa shape index (κ3) is 2.11. The molecule has 0 spiro atoms. The molecule has 0 aliphatic carbocycles. The first-order chi connectivity index (χ1) is 8.50. The number of aromatic carboxylic acids is 1. The van der Waals surface area contributed by atoms with E-state index in [0.717, 1.165) is 0 Å². The Morgan fingerprint density at radius 2 is 2.17 bits per heavy atom. The maximum Gasteiger partial charge on any atom is 0.339 e. The van der Waals surface area contributed by atoms with Crippen molar-refractivity contribution in [2.24, 2.45) is 0 Å². The predicted molar refractivity (Wildman–Crippen MR) is 64.6 cm³/mol. The fraction of sp³-hybridized carbons (Fsp3) is 0.231. The molecule has 2 aromatic rings. The molecule has 4 nitrogen and oxygen atoms in total. The van der Waals surface area contributed by atoms with Crippen LogP contribution in [0.4, 0.5) is 4.39 Å². The number of rotatable bonds is 3. The first-order valence-corrected chi connectivity index (χ1v) is 5.58. The Morgan fingerprint density at radius 3 is 2.72 bits per heavy atom. The van der Waals surface area contributed by atoms with E-state index in [9.17, 15) is 9.18 Å². The maximum absolute atomic E-state index is 13.2. The van der Waals surface area contributed by atoms with Crippen LogP contribution in [-0.4, -0.2) is 20.9 Å². The smallest absolute Gasteiger partial charge is 0.339 e. The number of halogens is 1. The van der Waals surface area contributed by atoms with Gasteiger partial charge in [0.15, 0.2) is 0 Å². The van der Waals surface area contributed by atoms with E-state index in [4.69, 9.17) is 5.11 Å². The van der Waals surface area contributed by atoms with Crippen LogP contribution in [0.5, 0.6) is 0 Å². The molecule has 0 amide bonds. The molecule has 0 unspecified atom stereocenters. The number of carboxylic acids is 1. The summed E-state index contributed by atoms with van der Waals surface area (Å²) in [5, 5.41) is 13.1. The zero-order valence-electron chi connectivity index (χ0n) is 10.1. The van der Waals surface area contributed by atoms with Crippen LogP contribution in [0.2, 0.25) is 0 Å². The lowest BCUT2D eigenvalue weighted by Crippen LogP contribution is -2.08. The molecule has 5 heteroatoms. The van der Waals surface area contributed by atoms with Gasteiger partial charge in [-0.3, -0.25) is 0 Å². The highest BCUT2D eigenvalue weighted by molar-refractivity contribution is 5.89. The zero-order valence-corrected chi connectivity index (χ0v) is 10.1. The maximum atomic E-state index is 13.2. The van der Waals surface area contributed by atoms with Crippen molar-refractivity contribution in [3.8, 4) is 5.69 Å². The van der Waals surface area contributed by atoms with E-state index in [2.05, 4.69) is 5.10 Å². The second-order valence-electron chi connectivity index (χ2n) is 4.30. The van der Waals surface area contributed by atoms with Crippen LogP contribution in [0.25, 0.3) is 5.69 Å². The summed E-state index contributed by atoms with van der Waals surface area (Å²) in [6, 6.07) is 5.91. The minimum Gasteiger partial charge on any atom is -0.478 e. The summed E-state index contributed by atoms with van der Waals surface area (Å²) in [6.45, 7) is 3.75. The Balaban J connectivity index is 2.61. The molecule has 1 aromatic heterocycles. The number of aromatic nitrogens is 2. The van der Waals surface area contributed by atoms with Crippen molar-refractivity contribution >= 4 is 5.97 Å². The Bertz CT molecular complexity index is 590. The van der Waals surface area contributed by atoms with Crippen molar-refractivity contribution in [2.75, 3.05) is 0 Å². The van der Waals surface area contributed by atoms with Gasteiger partial charge in [-0.25, -0.2) is 13.9 Å². The van der Waals surface area contributed by atoms with Crippen LogP contribution in [0.15, 0.2) is 30.5 Å². The Labute approximate surface area is 104 Å². The van der Waals surface area contributed by atoms with Crippen molar-refractivity contribution in [3.63, 3.8) is 0 Å². The van der Waals surface area contributed by atoms with Gasteiger partial charge < -0.3 is 5.11 Å². The predicted octanol–water partition coefficient (Wildman–Crippen LogP) is 2.83. The van der Waals surface area contributed by atoms with E-state index in [1.54, 1.807) is 12.1 Å². The lowest BCUT2D eigenvalue weighted by molar-refractivity contribution is 0.0695. The molecule has 0 radical (unpaired) electrons. The molecule has 0 aliphatic heterocycles. The van der Waals surface area contributed by atoms with Crippen molar-refractivity contribution < 1.29 is 14.3 Å². The molecule has 0 saturated heterocycles. The number of carboxylic acid groups (broad SMARTS) is 1. The van der Waals surface area contributed by atoms with E-state index < -0.39 is 5.97 Å². The van der Waals surface area contributed by atoms with Gasteiger partial charge in [-0.05, 0) is 24.1 Å². The quantitative estimate of drug-likeness (QED) is 0.908. The van der Waals surface area contributed by atoms with Crippen molar-refractivity contribution in [1.29, 1.82) is 0 Å². The third-order valence-corrected chi connectivity index (χ3v) is 2.64. The van der Waals surface area contributed by atoms with Crippen LogP contribution in [0, 0.1) is 5.82 Å². The van der Waals surface area contributed by atoms with Gasteiger partial charge in [0.2, 0.25) is 0 Å². The molecule has 0 saturated carbocycles. The molecule has 94 valence electrons. The van der Waals surface area contributed by atoms with E-state index >= 15 is 0 Å². The lowest BCUT2D eigenvalue weighted by atomic mass is 10.1. The van der Waals surface area contributed by atoms with E-state index in [1.807, 2.05) is 13.8 Å². The number of carbonyl (C=O) groups is 1. The topological polar surface area (TPSA) is 55.1 Å². The highest BCUT2D eigenvalue weighted by Gasteiger charge is 2.20. The molecule has 0 atom stereocenters. The summed E-state index contributed by atoms with van der Waals surface area (Å²) in [4.78, 5) is 11.1. The SMILES string of the molecule is CC(C)c1c(C(=O)O)cnn1-c1cccc(F)c1. The molecule has 2 rings (SSSR count). The van der Waals surface area contributed by atoms with Crippen molar-refractivity contribution in [1.82, 2.24) is 9.78 Å². The van der Waals surface area contributed by atoms with E-state index in [1.165, 1.54) is 23.0 Å². The summed E-state index contributed by atoms with van der Waals surface area (Å²) in [5.74, 6) is -1.43. The van der Waals surface area contributed by atoms with Gasteiger partial charge in [-0.1, -0.05) is 19.9 Å². The van der Waals surface area contributed by atoms with Gasteiger partial charge in [-0.15, -0.1) is 0 Å². The lowest BCUT2D eigenvalue weighted by Gasteiger charge is -2.11. The van der Waals surface area contributed by atoms with Crippen LogP contribution < -0.4 is 0 Å². The first-order valence-electron chi connectivity index (χ1n) is 5.58. The summed E-state index contributed by atoms with van der Waals surface area (Å²) in [5.41, 5.74) is 1.23. The number of benzene rings is 1. The number of hydrogen-bond donors (Lipinski definition) is 1. The van der Waals surface area contributed by atoms with Gasteiger partial charge in [0.05, 0.1) is 17.6 Å². The summed E-state index contributed by atoms with van der Waals surface area (Å²) in [7, 11) is 0. The Kier molecular flexibility index (Phi) is 3.14. The van der Waals surface area contributed by atoms with Gasteiger partial charge in [0, 0.05) is 0 Å². The monoisotopic (exact) mass is 248 g/mol. The standard InChI is InChI=1S/C13H13FN2O2/c1-8(2)12-11(13(17)18)7-15-16(12)10-5-3-4-9(14)6-10/h3-8H,1-2H3,(H,17,18). The van der Waals surface area contributed by atoms with Gasteiger partial charge in [0.25, 0.3) is 0 Å². The Morgan fingerprint density at radius 1 is 1.44 bits per heavy atom. The fourth-order valence-corrected chi connectivity index (χ4v) is 1.89. The third-order valence-electron chi connectivity index (χ3n) is 2.64. The second kappa shape index (κ2) is 4.60. The number of nitrogens with zero attached hydrogens (tertiary/aromatic N) is 2.